The highest BCUT2D eigenvalue weighted by Crippen LogP contribution is 2.44. The minimum absolute atomic E-state index is 0.0382. The van der Waals surface area contributed by atoms with Crippen LogP contribution in [0.1, 0.15) is 15.9 Å². The molecule has 2 aromatic carbocycles. The lowest BCUT2D eigenvalue weighted by atomic mass is 10.1. The molecule has 0 unspecified atom stereocenters. The van der Waals surface area contributed by atoms with Crippen LogP contribution in [0, 0.1) is 0 Å². The lowest BCUT2D eigenvalue weighted by Crippen LogP contribution is -1.98. The number of phenolic OH excluding ortho intramolecular Hbond substituents is 2. The molecule has 0 spiro atoms. The number of hydrogen-bond donors (Lipinski definition) is 2. The van der Waals surface area contributed by atoms with Crippen LogP contribution in [0.25, 0.3) is 6.08 Å². The van der Waals surface area contributed by atoms with E-state index < -0.39 is 5.75 Å². The van der Waals surface area contributed by atoms with E-state index in [2.05, 4.69) is 0 Å². The molecule has 0 saturated carbocycles. The van der Waals surface area contributed by atoms with E-state index in [-0.39, 0.29) is 28.6 Å². The first-order valence-electron chi connectivity index (χ1n) is 6.75. The third-order valence-corrected chi connectivity index (χ3v) is 3.46. The number of carbonyl (C=O) groups excluding carboxylic acids is 1. The second kappa shape index (κ2) is 5.57. The van der Waals surface area contributed by atoms with Gasteiger partial charge in [0.05, 0.1) is 19.8 Å². The van der Waals surface area contributed by atoms with Crippen molar-refractivity contribution in [2.75, 3.05) is 14.2 Å². The first kappa shape index (κ1) is 14.8. The number of hydrogen-bond acceptors (Lipinski definition) is 6. The summed E-state index contributed by atoms with van der Waals surface area (Å²) in [4.78, 5) is 12.3. The maximum atomic E-state index is 12.3. The molecule has 2 aromatic rings. The van der Waals surface area contributed by atoms with Gasteiger partial charge in [-0.25, -0.2) is 0 Å². The topological polar surface area (TPSA) is 85.2 Å². The molecule has 0 radical (unpaired) electrons. The average Bonchev–Trinajstić information content (AvgIpc) is 2.87. The van der Waals surface area contributed by atoms with Gasteiger partial charge in [-0.3, -0.25) is 4.79 Å². The molecular weight excluding hydrogens is 300 g/mol. The molecule has 6 heteroatoms. The summed E-state index contributed by atoms with van der Waals surface area (Å²) >= 11 is 0. The van der Waals surface area contributed by atoms with Crippen LogP contribution >= 0.6 is 0 Å². The highest BCUT2D eigenvalue weighted by molar-refractivity contribution is 6.15. The number of fused-ring (bicyclic) bond motifs is 1. The fourth-order valence-electron chi connectivity index (χ4n) is 2.29. The van der Waals surface area contributed by atoms with Crippen molar-refractivity contribution in [3.05, 3.63) is 47.2 Å². The molecule has 23 heavy (non-hydrogen) atoms. The lowest BCUT2D eigenvalue weighted by Gasteiger charge is -2.06. The van der Waals surface area contributed by atoms with Crippen LogP contribution in [0.5, 0.6) is 28.7 Å². The molecule has 2 N–H and O–H groups in total. The SMILES string of the molecule is COc1cc(C=C2Oc3c(ccc(O)c3O)C2=O)cc(OC)c1. The summed E-state index contributed by atoms with van der Waals surface area (Å²) in [6.45, 7) is 0. The summed E-state index contributed by atoms with van der Waals surface area (Å²) in [7, 11) is 3.05. The van der Waals surface area contributed by atoms with Crippen molar-refractivity contribution in [3.8, 4) is 28.7 Å². The summed E-state index contributed by atoms with van der Waals surface area (Å²) in [5.74, 6) is -0.0490. The number of phenols is 2. The average molecular weight is 314 g/mol. The summed E-state index contributed by atoms with van der Waals surface area (Å²) in [6.07, 6.45) is 1.52. The van der Waals surface area contributed by atoms with Gasteiger partial charge in [0.15, 0.2) is 17.3 Å². The highest BCUT2D eigenvalue weighted by Gasteiger charge is 2.31. The van der Waals surface area contributed by atoms with Crippen molar-refractivity contribution in [1.82, 2.24) is 0 Å². The second-order valence-electron chi connectivity index (χ2n) is 4.90. The van der Waals surface area contributed by atoms with Crippen LogP contribution < -0.4 is 14.2 Å². The number of carbonyl (C=O) groups is 1. The molecule has 0 amide bonds. The predicted octanol–water partition coefficient (Wildman–Crippen LogP) is 2.73. The van der Waals surface area contributed by atoms with Gasteiger partial charge in [-0.15, -0.1) is 0 Å². The number of rotatable bonds is 3. The van der Waals surface area contributed by atoms with Gasteiger partial charge in [0.25, 0.3) is 0 Å². The molecule has 0 atom stereocenters. The van der Waals surface area contributed by atoms with Crippen molar-refractivity contribution >= 4 is 11.9 Å². The van der Waals surface area contributed by atoms with Crippen molar-refractivity contribution < 1.29 is 29.2 Å². The summed E-state index contributed by atoms with van der Waals surface area (Å²) in [6, 6.07) is 7.78. The Labute approximate surface area is 132 Å². The van der Waals surface area contributed by atoms with E-state index >= 15 is 0 Å². The van der Waals surface area contributed by atoms with Gasteiger partial charge in [0.1, 0.15) is 11.5 Å². The Bertz CT molecular complexity index is 800. The van der Waals surface area contributed by atoms with Gasteiger partial charge >= 0.3 is 0 Å². The van der Waals surface area contributed by atoms with E-state index in [1.807, 2.05) is 0 Å². The molecule has 0 bridgehead atoms. The largest absolute Gasteiger partial charge is 0.504 e. The first-order valence-corrected chi connectivity index (χ1v) is 6.75. The molecule has 0 saturated heterocycles. The monoisotopic (exact) mass is 314 g/mol. The smallest absolute Gasteiger partial charge is 0.232 e. The van der Waals surface area contributed by atoms with Crippen molar-refractivity contribution in [2.24, 2.45) is 0 Å². The minimum Gasteiger partial charge on any atom is -0.504 e. The molecule has 3 rings (SSSR count). The predicted molar refractivity (Wildman–Crippen MR) is 82.3 cm³/mol. The van der Waals surface area contributed by atoms with Crippen LogP contribution in [0.15, 0.2) is 36.1 Å². The Morgan fingerprint density at radius 1 is 1.04 bits per heavy atom. The zero-order chi connectivity index (χ0) is 16.6. The molecule has 118 valence electrons. The number of allylic oxidation sites excluding steroid dienone is 1. The molecule has 0 aromatic heterocycles. The number of methoxy groups -OCH3 is 2. The fourth-order valence-corrected chi connectivity index (χ4v) is 2.29. The first-order chi connectivity index (χ1) is 11.0. The summed E-state index contributed by atoms with van der Waals surface area (Å²) in [5.41, 5.74) is 0.836. The van der Waals surface area contributed by atoms with Crippen LogP contribution in [0.2, 0.25) is 0 Å². The van der Waals surface area contributed by atoms with Gasteiger partial charge < -0.3 is 24.4 Å². The van der Waals surface area contributed by atoms with Crippen LogP contribution in [-0.4, -0.2) is 30.2 Å². The van der Waals surface area contributed by atoms with E-state index in [0.717, 1.165) is 0 Å². The molecule has 0 aliphatic carbocycles. The zero-order valence-electron chi connectivity index (χ0n) is 12.5. The van der Waals surface area contributed by atoms with Gasteiger partial charge in [-0.05, 0) is 35.9 Å². The fraction of sp³-hybridized carbons (Fsp3) is 0.118. The Morgan fingerprint density at radius 3 is 2.30 bits per heavy atom. The molecule has 0 fully saturated rings. The minimum atomic E-state index is -0.456. The standard InChI is InChI=1S/C17H14O6/c1-21-10-5-9(6-11(8-10)22-2)7-14-15(19)12-3-4-13(18)16(20)17(12)23-14/h3-8,18,20H,1-2H3. The quantitative estimate of drug-likeness (QED) is 0.669. The van der Waals surface area contributed by atoms with Gasteiger partial charge in [-0.1, -0.05) is 0 Å². The maximum absolute atomic E-state index is 12.3. The third-order valence-electron chi connectivity index (χ3n) is 3.46. The zero-order valence-corrected chi connectivity index (χ0v) is 12.5. The lowest BCUT2D eigenvalue weighted by molar-refractivity contribution is 0.101. The Kier molecular flexibility index (Phi) is 3.57. The van der Waals surface area contributed by atoms with E-state index in [1.165, 1.54) is 32.4 Å². The van der Waals surface area contributed by atoms with Gasteiger partial charge in [0, 0.05) is 6.07 Å². The normalized spacial score (nSPS) is 14.5. The van der Waals surface area contributed by atoms with E-state index in [1.54, 1.807) is 18.2 Å². The number of Topliss-reactive ketones (excluding diaryl/α,β-unsaturated/α-hetero) is 1. The molecule has 6 nitrogen and oxygen atoms in total. The van der Waals surface area contributed by atoms with Crippen LogP contribution in [0.3, 0.4) is 0 Å². The molecule has 1 aliphatic rings. The molecule has 1 heterocycles. The number of ketones is 1. The number of ether oxygens (including phenoxy) is 3. The van der Waals surface area contributed by atoms with Crippen molar-refractivity contribution in [2.45, 2.75) is 0 Å². The highest BCUT2D eigenvalue weighted by atomic mass is 16.5. The third kappa shape index (κ3) is 2.55. The van der Waals surface area contributed by atoms with Crippen LogP contribution in [-0.2, 0) is 0 Å². The van der Waals surface area contributed by atoms with Crippen molar-refractivity contribution in [1.29, 1.82) is 0 Å². The maximum Gasteiger partial charge on any atom is 0.232 e. The van der Waals surface area contributed by atoms with E-state index in [0.29, 0.717) is 17.1 Å². The van der Waals surface area contributed by atoms with Gasteiger partial charge in [0.2, 0.25) is 11.5 Å². The summed E-state index contributed by atoms with van der Waals surface area (Å²) in [5, 5.41) is 19.3. The second-order valence-corrected chi connectivity index (χ2v) is 4.90. The van der Waals surface area contributed by atoms with E-state index in [4.69, 9.17) is 14.2 Å². The Morgan fingerprint density at radius 2 is 1.70 bits per heavy atom. The Hall–Kier alpha value is -3.15. The van der Waals surface area contributed by atoms with E-state index in [9.17, 15) is 15.0 Å². The molecular formula is C17H14O6. The van der Waals surface area contributed by atoms with Crippen LogP contribution in [0.4, 0.5) is 0 Å². The molecule has 1 aliphatic heterocycles. The summed E-state index contributed by atoms with van der Waals surface area (Å²) < 4.78 is 15.8. The number of benzene rings is 2. The Balaban J connectivity index is 2.02. The van der Waals surface area contributed by atoms with Gasteiger partial charge in [-0.2, -0.15) is 0 Å². The number of aromatic hydroxyl groups is 2. The van der Waals surface area contributed by atoms with Crippen molar-refractivity contribution in [3.63, 3.8) is 0 Å².